The van der Waals surface area contributed by atoms with Crippen LogP contribution in [0.4, 0.5) is 32.4 Å². The predicted octanol–water partition coefficient (Wildman–Crippen LogP) is 2.54. The van der Waals surface area contributed by atoms with Crippen LogP contribution in [0.15, 0.2) is 30.6 Å². The highest BCUT2D eigenvalue weighted by molar-refractivity contribution is 6.34. The Morgan fingerprint density at radius 2 is 1.73 bits per heavy atom. The molecule has 3 saturated heterocycles. The van der Waals surface area contributed by atoms with Gasteiger partial charge in [-0.05, 0) is 18.2 Å². The van der Waals surface area contributed by atoms with Crippen LogP contribution in [0.1, 0.15) is 39.1 Å². The van der Waals surface area contributed by atoms with Gasteiger partial charge in [-0.15, -0.1) is 0 Å². The summed E-state index contributed by atoms with van der Waals surface area (Å²) in [7, 11) is 1.31. The summed E-state index contributed by atoms with van der Waals surface area (Å²) in [5, 5.41) is 28.7. The van der Waals surface area contributed by atoms with Gasteiger partial charge in [0.15, 0.2) is 11.5 Å². The lowest BCUT2D eigenvalue weighted by Gasteiger charge is -2.24. The van der Waals surface area contributed by atoms with Crippen LogP contribution < -0.4 is 16.0 Å². The van der Waals surface area contributed by atoms with Crippen molar-refractivity contribution in [1.82, 2.24) is 39.8 Å². The second kappa shape index (κ2) is 14.0. The minimum Gasteiger partial charge on any atom is -0.483 e. The monoisotopic (exact) mass is 757 g/mol. The van der Waals surface area contributed by atoms with Crippen molar-refractivity contribution in [2.45, 2.75) is 36.7 Å². The number of imidazole rings is 1. The van der Waals surface area contributed by atoms with Gasteiger partial charge in [-0.25, -0.2) is 18.6 Å². The van der Waals surface area contributed by atoms with E-state index < -0.39 is 47.8 Å². The second-order valence-corrected chi connectivity index (χ2v) is 13.5. The highest BCUT2D eigenvalue weighted by Gasteiger charge is 2.59. The first-order valence-corrected chi connectivity index (χ1v) is 16.4. The van der Waals surface area contributed by atoms with Crippen LogP contribution >= 0.6 is 11.6 Å². The number of nitrogens with zero attached hydrogens (tertiary/aromatic N) is 6. The summed E-state index contributed by atoms with van der Waals surface area (Å²) in [5.74, 6) is -4.37. The Hall–Kier alpha value is -4.82. The molecule has 0 radical (unpaired) electrons. The summed E-state index contributed by atoms with van der Waals surface area (Å²) in [6, 6.07) is 2.20. The summed E-state index contributed by atoms with van der Waals surface area (Å²) in [6.07, 6.45) is -4.31. The molecule has 2 aromatic heterocycles. The number of β-amino-alcohol motifs (C(OH)–C–C–N with tert-alkyl or cyclic N) is 1. The average molecular weight is 758 g/mol. The largest absolute Gasteiger partial charge is 0.483 e. The fourth-order valence-electron chi connectivity index (χ4n) is 6.82. The van der Waals surface area contributed by atoms with E-state index in [1.54, 1.807) is 9.80 Å². The first-order valence-electron chi connectivity index (χ1n) is 16.0. The van der Waals surface area contributed by atoms with E-state index in [0.29, 0.717) is 44.0 Å². The van der Waals surface area contributed by atoms with Crippen LogP contribution in [-0.2, 0) is 18.0 Å². The number of nitrogens with one attached hydrogen (secondary N) is 3. The molecular weight excluding hydrogens is 725 g/mol. The Balaban J connectivity index is 0.00000150. The quantitative estimate of drug-likeness (QED) is 0.186. The summed E-state index contributed by atoms with van der Waals surface area (Å²) in [5.41, 5.74) is -1.64. The van der Waals surface area contributed by atoms with Crippen molar-refractivity contribution in [3.05, 3.63) is 52.7 Å². The molecule has 5 N–H and O–H groups in total. The van der Waals surface area contributed by atoms with Crippen molar-refractivity contribution in [2.75, 3.05) is 44.6 Å². The smallest absolute Gasteiger partial charge is 0.435 e. The Kier molecular flexibility index (Phi) is 9.92. The molecule has 4 fully saturated rings. The second-order valence-electron chi connectivity index (χ2n) is 13.0. The Bertz CT molecular complexity index is 1870. The van der Waals surface area contributed by atoms with E-state index in [4.69, 9.17) is 21.5 Å². The number of alkyl halides is 5. The van der Waals surface area contributed by atoms with E-state index in [9.17, 15) is 41.4 Å². The summed E-state index contributed by atoms with van der Waals surface area (Å²) >= 11 is 6.46. The number of hydrogen-bond donors (Lipinski definition) is 5. The van der Waals surface area contributed by atoms with Gasteiger partial charge >= 0.3 is 12.2 Å². The number of urea groups is 1. The molecule has 4 aliphatic rings. The van der Waals surface area contributed by atoms with Gasteiger partial charge in [-0.3, -0.25) is 19.1 Å². The summed E-state index contributed by atoms with van der Waals surface area (Å²) in [6.45, 7) is 2.47. The number of benzene rings is 1. The first-order chi connectivity index (χ1) is 24.5. The SMILES string of the molecule is Cn1c(-c2cn(C3CC3(F)F)nc2C(F)(F)F)cnc1C(=O)Nc1ccc(C(=O)N2CC3CN(C(=O)N[C@@H]4CNC[C@H]4O)CC3C2)c(Cl)c1.O=CO. The van der Waals surface area contributed by atoms with Gasteiger partial charge in [-0.1, -0.05) is 11.6 Å². The van der Waals surface area contributed by atoms with E-state index in [1.807, 2.05) is 0 Å². The maximum absolute atomic E-state index is 13.8. The number of rotatable bonds is 6. The molecule has 0 bridgehead atoms. The molecular formula is C31H33ClF5N9O6. The Morgan fingerprint density at radius 1 is 1.10 bits per heavy atom. The predicted molar refractivity (Wildman–Crippen MR) is 172 cm³/mol. The minimum atomic E-state index is -4.95. The van der Waals surface area contributed by atoms with Crippen LogP contribution in [0.25, 0.3) is 11.3 Å². The van der Waals surface area contributed by atoms with Crippen LogP contribution in [0, 0.1) is 11.8 Å². The molecule has 5 atom stereocenters. The number of aromatic nitrogens is 4. The highest BCUT2D eigenvalue weighted by Crippen LogP contribution is 2.53. The lowest BCUT2D eigenvalue weighted by Crippen LogP contribution is -2.49. The van der Waals surface area contributed by atoms with E-state index in [0.717, 1.165) is 17.0 Å². The molecule has 3 aliphatic heterocycles. The molecule has 1 aliphatic carbocycles. The first kappa shape index (κ1) is 37.0. The number of hydrogen-bond acceptors (Lipinski definition) is 8. The number of carbonyl (C=O) groups excluding carboxylic acids is 3. The van der Waals surface area contributed by atoms with Crippen LogP contribution in [-0.4, -0.2) is 121 Å². The molecule has 1 saturated carbocycles. The van der Waals surface area contributed by atoms with Gasteiger partial charge in [0.05, 0.1) is 40.2 Å². The molecule has 280 valence electrons. The number of fused-ring (bicyclic) bond motifs is 1. The number of carboxylic acid groups (broad SMARTS) is 1. The van der Waals surface area contributed by atoms with Gasteiger partial charge in [0.2, 0.25) is 0 Å². The van der Waals surface area contributed by atoms with E-state index in [1.165, 1.54) is 25.2 Å². The number of anilines is 1. The zero-order valence-corrected chi connectivity index (χ0v) is 28.0. The minimum absolute atomic E-state index is 0.0595. The van der Waals surface area contributed by atoms with Gasteiger partial charge in [0.25, 0.3) is 24.2 Å². The highest BCUT2D eigenvalue weighted by atomic mass is 35.5. The van der Waals surface area contributed by atoms with Gasteiger partial charge < -0.3 is 40.5 Å². The molecule has 15 nitrogen and oxygen atoms in total. The third kappa shape index (κ3) is 7.26. The number of aliphatic hydroxyl groups excluding tert-OH is 1. The third-order valence-corrected chi connectivity index (χ3v) is 9.90. The number of amides is 4. The molecule has 1 aromatic carbocycles. The van der Waals surface area contributed by atoms with Crippen molar-refractivity contribution < 1.29 is 51.3 Å². The normalized spacial score (nSPS) is 24.6. The van der Waals surface area contributed by atoms with Crippen molar-refractivity contribution in [2.24, 2.45) is 18.9 Å². The van der Waals surface area contributed by atoms with E-state index in [-0.39, 0.29) is 64.1 Å². The molecule has 52 heavy (non-hydrogen) atoms. The summed E-state index contributed by atoms with van der Waals surface area (Å²) in [4.78, 5) is 54.9. The van der Waals surface area contributed by atoms with E-state index >= 15 is 0 Å². The molecule has 3 aromatic rings. The van der Waals surface area contributed by atoms with Gasteiger partial charge in [0.1, 0.15) is 6.04 Å². The van der Waals surface area contributed by atoms with Crippen LogP contribution in [0.2, 0.25) is 5.02 Å². The van der Waals surface area contributed by atoms with Crippen molar-refractivity contribution in [1.29, 1.82) is 0 Å². The fourth-order valence-corrected chi connectivity index (χ4v) is 7.08. The zero-order chi connectivity index (χ0) is 37.7. The lowest BCUT2D eigenvalue weighted by molar-refractivity contribution is -0.141. The molecule has 3 unspecified atom stereocenters. The molecule has 5 heterocycles. The molecule has 0 spiro atoms. The molecule has 4 amide bonds. The Labute approximate surface area is 296 Å². The average Bonchev–Trinajstić information content (AvgIpc) is 3.72. The molecule has 7 rings (SSSR count). The topological polar surface area (TPSA) is 187 Å². The number of halogens is 6. The van der Waals surface area contributed by atoms with Gasteiger partial charge in [-0.2, -0.15) is 18.3 Å². The molecule has 21 heteroatoms. The van der Waals surface area contributed by atoms with Crippen molar-refractivity contribution >= 4 is 41.6 Å². The maximum atomic E-state index is 13.8. The maximum Gasteiger partial charge on any atom is 0.435 e. The number of likely N-dealkylation sites (tertiary alicyclic amines) is 2. The number of aliphatic hydroxyl groups is 1. The summed E-state index contributed by atoms with van der Waals surface area (Å²) < 4.78 is 70.2. The van der Waals surface area contributed by atoms with Crippen LogP contribution in [0.3, 0.4) is 0 Å². The van der Waals surface area contributed by atoms with E-state index in [2.05, 4.69) is 26.0 Å². The number of carbonyl (C=O) groups is 4. The van der Waals surface area contributed by atoms with Crippen molar-refractivity contribution in [3.63, 3.8) is 0 Å². The zero-order valence-electron chi connectivity index (χ0n) is 27.3. The van der Waals surface area contributed by atoms with Crippen LogP contribution in [0.5, 0.6) is 0 Å². The standard InChI is InChI=1S/C30H31ClF5N9O4.CH2O2/c1-42-21(18-13-45(23-5-29(23,32)33)41-24(18)30(34,35)36)7-38-25(42)26(47)39-16-2-3-17(19(31)4-16)27(48)43-9-14-11-44(12-15(14)10-43)28(49)40-20-6-37-8-22(20)46;2-1-3/h2-4,7,13-15,20,22-23,37,46H,5-6,8-12H2,1H3,(H,39,47)(H,40,49);1H,(H,2,3)/t14?,15?,20-,22-,23?;/m1./s1. The third-order valence-electron chi connectivity index (χ3n) is 9.59. The van der Waals surface area contributed by atoms with Crippen molar-refractivity contribution in [3.8, 4) is 11.3 Å². The fraction of sp³-hybridized carbons (Fsp3) is 0.484. The Morgan fingerprint density at radius 3 is 2.29 bits per heavy atom. The lowest BCUT2D eigenvalue weighted by atomic mass is 10.0. The van der Waals surface area contributed by atoms with Gasteiger partial charge in [0, 0.05) is 76.5 Å².